The molecule has 0 bridgehead atoms. The fraction of sp³-hybridized carbons (Fsp3) is 0.103. The van der Waals surface area contributed by atoms with E-state index in [0.29, 0.717) is 0 Å². The molecule has 36 heavy (non-hydrogen) atoms. The molecule has 4 rings (SSSR count). The topological polar surface area (TPSA) is 84.7 Å². The lowest BCUT2D eigenvalue weighted by atomic mass is 9.80. The number of carbonyl (C=O) groups excluding carboxylic acids is 2. The molecule has 7 heteroatoms. The van der Waals surface area contributed by atoms with Gasteiger partial charge in [0.25, 0.3) is 5.91 Å². The first-order chi connectivity index (χ1) is 17.5. The van der Waals surface area contributed by atoms with E-state index in [4.69, 9.17) is 10.5 Å². The molecular formula is C29H26FN3O3. The molecule has 0 aliphatic heterocycles. The van der Waals surface area contributed by atoms with Crippen molar-refractivity contribution in [1.29, 1.82) is 0 Å². The lowest BCUT2D eigenvalue weighted by Gasteiger charge is -2.36. The number of ether oxygens (including phenoxy) is 1. The second-order valence-electron chi connectivity index (χ2n) is 8.12. The van der Waals surface area contributed by atoms with Crippen LogP contribution in [0.25, 0.3) is 0 Å². The van der Waals surface area contributed by atoms with Crippen LogP contribution in [0.1, 0.15) is 22.3 Å². The Morgan fingerprint density at radius 1 is 0.750 bits per heavy atom. The van der Waals surface area contributed by atoms with Gasteiger partial charge in [0.15, 0.2) is 0 Å². The molecule has 0 saturated heterocycles. The Morgan fingerprint density at radius 3 is 1.64 bits per heavy atom. The third-order valence-corrected chi connectivity index (χ3v) is 5.77. The largest absolute Gasteiger partial charge is 0.351 e. The highest BCUT2D eigenvalue weighted by Gasteiger charge is 2.38. The highest BCUT2D eigenvalue weighted by molar-refractivity contribution is 5.81. The number of nitrogens with two attached hydrogens (primary N) is 1. The first kappa shape index (κ1) is 24.6. The van der Waals surface area contributed by atoms with Gasteiger partial charge in [-0.05, 0) is 22.8 Å². The van der Waals surface area contributed by atoms with Crippen LogP contribution in [0.15, 0.2) is 115 Å². The van der Waals surface area contributed by atoms with Crippen molar-refractivity contribution in [2.24, 2.45) is 5.73 Å². The molecule has 0 spiro atoms. The fourth-order valence-electron chi connectivity index (χ4n) is 4.09. The maximum Gasteiger partial charge on any atom is 0.333 e. The third-order valence-electron chi connectivity index (χ3n) is 5.77. The molecule has 0 aromatic heterocycles. The Bertz CT molecular complexity index is 1200. The number of hydrazine groups is 1. The molecule has 6 nitrogen and oxygen atoms in total. The van der Waals surface area contributed by atoms with Crippen LogP contribution in [-0.4, -0.2) is 23.6 Å². The van der Waals surface area contributed by atoms with Crippen LogP contribution >= 0.6 is 0 Å². The Balaban J connectivity index is 1.64. The zero-order chi connectivity index (χ0) is 25.4. The molecule has 3 amide bonds. The molecule has 4 aromatic rings. The van der Waals surface area contributed by atoms with E-state index in [1.165, 1.54) is 18.2 Å². The number of halogens is 1. The van der Waals surface area contributed by atoms with Crippen molar-refractivity contribution in [2.45, 2.75) is 12.1 Å². The Hall–Kier alpha value is -4.49. The van der Waals surface area contributed by atoms with Gasteiger partial charge < -0.3 is 10.5 Å². The maximum atomic E-state index is 14.1. The summed E-state index contributed by atoms with van der Waals surface area (Å²) in [5.74, 6) is -1.12. The van der Waals surface area contributed by atoms with Gasteiger partial charge in [0, 0.05) is 5.56 Å². The molecule has 4 aromatic carbocycles. The summed E-state index contributed by atoms with van der Waals surface area (Å²) >= 11 is 0. The predicted molar refractivity (Wildman–Crippen MR) is 135 cm³/mol. The number of amides is 3. The molecule has 3 N–H and O–H groups in total. The van der Waals surface area contributed by atoms with Crippen LogP contribution in [-0.2, 0) is 21.7 Å². The van der Waals surface area contributed by atoms with Crippen molar-refractivity contribution in [2.75, 3.05) is 6.61 Å². The second kappa shape index (κ2) is 11.3. The van der Waals surface area contributed by atoms with E-state index in [1.807, 2.05) is 91.0 Å². The summed E-state index contributed by atoms with van der Waals surface area (Å²) in [6.45, 7) is -0.630. The van der Waals surface area contributed by atoms with Crippen LogP contribution in [0.5, 0.6) is 0 Å². The van der Waals surface area contributed by atoms with Crippen LogP contribution in [0.4, 0.5) is 9.18 Å². The number of carbonyl (C=O) groups is 2. The number of primary amides is 1. The van der Waals surface area contributed by atoms with Gasteiger partial charge in [0.1, 0.15) is 18.0 Å². The fourth-order valence-corrected chi connectivity index (χ4v) is 4.09. The standard InChI is InChI=1S/C29H26FN3O3/c30-26-19-11-10-12-22(26)20-33(28(31)35)32-27(34)21-36-29(23-13-4-1-5-14-23,24-15-6-2-7-16-24)25-17-8-3-9-18-25/h1-19H,20-21H2,(H2,31,35)(H,32,34). The van der Waals surface area contributed by atoms with Gasteiger partial charge in [-0.2, -0.15) is 0 Å². The van der Waals surface area contributed by atoms with E-state index < -0.39 is 30.0 Å². The van der Waals surface area contributed by atoms with Crippen LogP contribution in [0, 0.1) is 5.82 Å². The molecule has 0 aliphatic carbocycles. The van der Waals surface area contributed by atoms with Gasteiger partial charge in [-0.3, -0.25) is 10.2 Å². The number of hydrogen-bond donors (Lipinski definition) is 2. The summed E-state index contributed by atoms with van der Waals surface area (Å²) in [4.78, 5) is 25.0. The Kier molecular flexibility index (Phi) is 7.72. The highest BCUT2D eigenvalue weighted by atomic mass is 19.1. The summed E-state index contributed by atoms with van der Waals surface area (Å²) in [5.41, 5.74) is 9.48. The van der Waals surface area contributed by atoms with Crippen LogP contribution in [0.2, 0.25) is 0 Å². The first-order valence-electron chi connectivity index (χ1n) is 11.4. The summed E-state index contributed by atoms with van der Waals surface area (Å²) in [6, 6.07) is 33.8. The van der Waals surface area contributed by atoms with E-state index in [2.05, 4.69) is 5.43 Å². The van der Waals surface area contributed by atoms with Crippen LogP contribution < -0.4 is 11.2 Å². The van der Waals surface area contributed by atoms with Gasteiger partial charge in [-0.25, -0.2) is 14.2 Å². The zero-order valence-electron chi connectivity index (χ0n) is 19.5. The Morgan fingerprint density at radius 2 is 1.19 bits per heavy atom. The van der Waals surface area contributed by atoms with E-state index >= 15 is 0 Å². The summed E-state index contributed by atoms with van der Waals surface area (Å²) in [7, 11) is 0. The minimum atomic E-state index is -1.11. The predicted octanol–water partition coefficient (Wildman–Crippen LogP) is 4.75. The molecule has 182 valence electrons. The summed E-state index contributed by atoms with van der Waals surface area (Å²) in [5, 5.41) is 0.860. The van der Waals surface area contributed by atoms with Crippen molar-refractivity contribution in [3.63, 3.8) is 0 Å². The molecule has 0 aliphatic rings. The summed E-state index contributed by atoms with van der Waals surface area (Å²) < 4.78 is 20.5. The van der Waals surface area contributed by atoms with E-state index in [9.17, 15) is 14.0 Å². The Labute approximate surface area is 209 Å². The van der Waals surface area contributed by atoms with Crippen molar-refractivity contribution in [3.8, 4) is 0 Å². The van der Waals surface area contributed by atoms with Crippen molar-refractivity contribution in [3.05, 3.63) is 143 Å². The van der Waals surface area contributed by atoms with Gasteiger partial charge in [0.05, 0.1) is 6.54 Å². The smallest absolute Gasteiger partial charge is 0.333 e. The van der Waals surface area contributed by atoms with Crippen LogP contribution in [0.3, 0.4) is 0 Å². The average Bonchev–Trinajstić information content (AvgIpc) is 2.91. The van der Waals surface area contributed by atoms with Crippen molar-refractivity contribution >= 4 is 11.9 Å². The lowest BCUT2D eigenvalue weighted by molar-refractivity contribution is -0.133. The second-order valence-corrected chi connectivity index (χ2v) is 8.12. The van der Waals surface area contributed by atoms with Gasteiger partial charge in [-0.1, -0.05) is 109 Å². The van der Waals surface area contributed by atoms with E-state index in [-0.39, 0.29) is 12.1 Å². The molecule has 0 radical (unpaired) electrons. The monoisotopic (exact) mass is 483 g/mol. The molecular weight excluding hydrogens is 457 g/mol. The highest BCUT2D eigenvalue weighted by Crippen LogP contribution is 2.40. The van der Waals surface area contributed by atoms with Crippen molar-refractivity contribution < 1.29 is 18.7 Å². The molecule has 0 heterocycles. The quantitative estimate of drug-likeness (QED) is 0.280. The van der Waals surface area contributed by atoms with Gasteiger partial charge in [-0.15, -0.1) is 0 Å². The minimum absolute atomic E-state index is 0.213. The van der Waals surface area contributed by atoms with Gasteiger partial charge >= 0.3 is 6.03 Å². The molecule has 0 atom stereocenters. The number of nitrogens with zero attached hydrogens (tertiary/aromatic N) is 1. The van der Waals surface area contributed by atoms with E-state index in [1.54, 1.807) is 6.07 Å². The minimum Gasteiger partial charge on any atom is -0.351 e. The molecule has 0 unspecified atom stereocenters. The normalized spacial score (nSPS) is 11.0. The lowest BCUT2D eigenvalue weighted by Crippen LogP contribution is -2.50. The maximum absolute atomic E-state index is 14.1. The number of nitrogens with one attached hydrogen (secondary N) is 1. The average molecular weight is 484 g/mol. The van der Waals surface area contributed by atoms with Crippen molar-refractivity contribution in [1.82, 2.24) is 10.4 Å². The summed E-state index contributed by atoms with van der Waals surface area (Å²) in [6.07, 6.45) is 0. The number of hydrogen-bond acceptors (Lipinski definition) is 3. The van der Waals surface area contributed by atoms with Gasteiger partial charge in [0.2, 0.25) is 0 Å². The molecule has 0 saturated carbocycles. The first-order valence-corrected chi connectivity index (χ1v) is 11.4. The SMILES string of the molecule is NC(=O)N(Cc1ccccc1F)NC(=O)COC(c1ccccc1)(c1ccccc1)c1ccccc1. The zero-order valence-corrected chi connectivity index (χ0v) is 19.5. The third kappa shape index (κ3) is 5.42. The van der Waals surface area contributed by atoms with E-state index in [0.717, 1.165) is 21.7 Å². The number of rotatable bonds is 8. The number of benzene rings is 4. The number of urea groups is 1. The molecule has 0 fully saturated rings.